The molecule has 0 aliphatic carbocycles. The molecule has 1 unspecified atom stereocenters. The molecule has 1 aliphatic rings. The number of pyridine rings is 1. The first-order chi connectivity index (χ1) is 11.7. The molecule has 4 nitrogen and oxygen atoms in total. The molecule has 6 heteroatoms. The Hall–Kier alpha value is -1.92. The predicted octanol–water partition coefficient (Wildman–Crippen LogP) is 2.87. The molecule has 2 heterocycles. The molecule has 126 valence electrons. The quantitative estimate of drug-likeness (QED) is 0.925. The second-order valence-corrected chi connectivity index (χ2v) is 6.61. The summed E-state index contributed by atoms with van der Waals surface area (Å²) in [5.41, 5.74) is 2.11. The standard InChI is InChI=1S/C18H20FN3OS/c1-24-12-15-9-13(4-5-16(15)19)18(23)22-8-7-21-11-17(22)14-3-2-6-20-10-14/h2-6,9-10,17,21H,7-8,11-12H2,1H3. The summed E-state index contributed by atoms with van der Waals surface area (Å²) in [5.74, 6) is 0.235. The maximum Gasteiger partial charge on any atom is 0.254 e. The molecule has 1 aromatic heterocycles. The normalized spacial score (nSPS) is 17.8. The SMILES string of the molecule is CSCc1cc(C(=O)N2CCNCC2c2cccnc2)ccc1F. The second-order valence-electron chi connectivity index (χ2n) is 5.74. The van der Waals surface area contributed by atoms with Crippen LogP contribution in [0.3, 0.4) is 0 Å². The number of hydrogen-bond donors (Lipinski definition) is 1. The van der Waals surface area contributed by atoms with Gasteiger partial charge in [-0.3, -0.25) is 9.78 Å². The lowest BCUT2D eigenvalue weighted by atomic mass is 10.0. The first-order valence-electron chi connectivity index (χ1n) is 7.89. The number of benzene rings is 1. The minimum Gasteiger partial charge on any atom is -0.329 e. The molecule has 1 saturated heterocycles. The second kappa shape index (κ2) is 7.77. The van der Waals surface area contributed by atoms with Crippen LogP contribution in [0.1, 0.15) is 27.5 Å². The number of nitrogens with zero attached hydrogens (tertiary/aromatic N) is 2. The lowest BCUT2D eigenvalue weighted by Gasteiger charge is -2.36. The van der Waals surface area contributed by atoms with Gasteiger partial charge in [0.05, 0.1) is 6.04 Å². The summed E-state index contributed by atoms with van der Waals surface area (Å²) >= 11 is 1.54. The lowest BCUT2D eigenvalue weighted by Crippen LogP contribution is -2.48. The number of rotatable bonds is 4. The van der Waals surface area contributed by atoms with Gasteiger partial charge in [0, 0.05) is 43.3 Å². The number of nitrogens with one attached hydrogen (secondary N) is 1. The molecular formula is C18H20FN3OS. The van der Waals surface area contributed by atoms with Crippen molar-refractivity contribution in [1.29, 1.82) is 0 Å². The predicted molar refractivity (Wildman–Crippen MR) is 94.5 cm³/mol. The van der Waals surface area contributed by atoms with E-state index in [1.165, 1.54) is 17.8 Å². The van der Waals surface area contributed by atoms with E-state index >= 15 is 0 Å². The number of aromatic nitrogens is 1. The van der Waals surface area contributed by atoms with E-state index in [2.05, 4.69) is 10.3 Å². The van der Waals surface area contributed by atoms with Crippen molar-refractivity contribution in [3.8, 4) is 0 Å². The van der Waals surface area contributed by atoms with Crippen molar-refractivity contribution in [3.05, 3.63) is 65.2 Å². The number of amides is 1. The third kappa shape index (κ3) is 3.60. The Kier molecular flexibility index (Phi) is 5.48. The fourth-order valence-corrected chi connectivity index (χ4v) is 3.49. The van der Waals surface area contributed by atoms with Crippen LogP contribution in [0.5, 0.6) is 0 Å². The number of carbonyl (C=O) groups excluding carboxylic acids is 1. The van der Waals surface area contributed by atoms with Crippen LogP contribution in [-0.4, -0.2) is 41.7 Å². The molecule has 0 saturated carbocycles. The largest absolute Gasteiger partial charge is 0.329 e. The fourth-order valence-electron chi connectivity index (χ4n) is 2.96. The summed E-state index contributed by atoms with van der Waals surface area (Å²) in [4.78, 5) is 19.0. The van der Waals surface area contributed by atoms with Gasteiger partial charge < -0.3 is 10.2 Å². The summed E-state index contributed by atoms with van der Waals surface area (Å²) in [6.45, 7) is 2.06. The van der Waals surface area contributed by atoms with Crippen LogP contribution in [0, 0.1) is 5.82 Å². The average Bonchev–Trinajstić information content (AvgIpc) is 2.64. The smallest absolute Gasteiger partial charge is 0.254 e. The molecule has 1 atom stereocenters. The minimum absolute atomic E-state index is 0.0611. The molecule has 1 N–H and O–H groups in total. The van der Waals surface area contributed by atoms with Gasteiger partial charge in [-0.25, -0.2) is 4.39 Å². The monoisotopic (exact) mass is 345 g/mol. The highest BCUT2D eigenvalue weighted by Gasteiger charge is 2.29. The van der Waals surface area contributed by atoms with E-state index in [4.69, 9.17) is 0 Å². The van der Waals surface area contributed by atoms with Gasteiger partial charge >= 0.3 is 0 Å². The van der Waals surface area contributed by atoms with Crippen LogP contribution >= 0.6 is 11.8 Å². The zero-order valence-corrected chi connectivity index (χ0v) is 14.4. The highest BCUT2D eigenvalue weighted by atomic mass is 32.2. The Morgan fingerprint density at radius 1 is 1.46 bits per heavy atom. The van der Waals surface area contributed by atoms with Crippen molar-refractivity contribution in [2.24, 2.45) is 0 Å². The van der Waals surface area contributed by atoms with Gasteiger partial charge in [0.15, 0.2) is 0 Å². The van der Waals surface area contributed by atoms with Crippen molar-refractivity contribution in [3.63, 3.8) is 0 Å². The van der Waals surface area contributed by atoms with E-state index in [9.17, 15) is 9.18 Å². The highest BCUT2D eigenvalue weighted by molar-refractivity contribution is 7.97. The number of hydrogen-bond acceptors (Lipinski definition) is 4. The molecule has 1 fully saturated rings. The average molecular weight is 345 g/mol. The van der Waals surface area contributed by atoms with E-state index in [1.54, 1.807) is 24.5 Å². The van der Waals surface area contributed by atoms with Crippen molar-refractivity contribution < 1.29 is 9.18 Å². The Labute approximate surface area is 145 Å². The molecule has 0 radical (unpaired) electrons. The Balaban J connectivity index is 1.88. The first-order valence-corrected chi connectivity index (χ1v) is 9.29. The Bertz CT molecular complexity index is 711. The molecule has 0 spiro atoms. The van der Waals surface area contributed by atoms with E-state index in [0.717, 1.165) is 12.1 Å². The summed E-state index contributed by atoms with van der Waals surface area (Å²) in [5, 5.41) is 3.33. The summed E-state index contributed by atoms with van der Waals surface area (Å²) in [7, 11) is 0. The Morgan fingerprint density at radius 3 is 3.08 bits per heavy atom. The molecule has 2 aromatic rings. The fraction of sp³-hybridized carbons (Fsp3) is 0.333. The molecular weight excluding hydrogens is 325 g/mol. The van der Waals surface area contributed by atoms with E-state index in [0.29, 0.717) is 30.0 Å². The molecule has 1 aliphatic heterocycles. The molecule has 24 heavy (non-hydrogen) atoms. The topological polar surface area (TPSA) is 45.2 Å². The van der Waals surface area contributed by atoms with E-state index < -0.39 is 0 Å². The van der Waals surface area contributed by atoms with Gasteiger partial charge in [0.1, 0.15) is 5.82 Å². The zero-order valence-electron chi connectivity index (χ0n) is 13.5. The number of thioether (sulfide) groups is 1. The van der Waals surface area contributed by atoms with Crippen molar-refractivity contribution in [2.75, 3.05) is 25.9 Å². The van der Waals surface area contributed by atoms with Crippen molar-refractivity contribution in [2.45, 2.75) is 11.8 Å². The zero-order chi connectivity index (χ0) is 16.9. The molecule has 0 bridgehead atoms. The lowest BCUT2D eigenvalue weighted by molar-refractivity contribution is 0.0634. The van der Waals surface area contributed by atoms with Crippen molar-refractivity contribution in [1.82, 2.24) is 15.2 Å². The van der Waals surface area contributed by atoms with Crippen LogP contribution < -0.4 is 5.32 Å². The maximum atomic E-state index is 13.8. The summed E-state index contributed by atoms with van der Waals surface area (Å²) in [6.07, 6.45) is 5.44. The molecule has 1 amide bonds. The van der Waals surface area contributed by atoms with Crippen LogP contribution in [0.15, 0.2) is 42.7 Å². The van der Waals surface area contributed by atoms with E-state index in [-0.39, 0.29) is 17.8 Å². The summed E-state index contributed by atoms with van der Waals surface area (Å²) < 4.78 is 13.8. The third-order valence-corrected chi connectivity index (χ3v) is 4.77. The van der Waals surface area contributed by atoms with Crippen LogP contribution in [0.4, 0.5) is 4.39 Å². The van der Waals surface area contributed by atoms with E-state index in [1.807, 2.05) is 23.3 Å². The van der Waals surface area contributed by atoms with Gasteiger partial charge in [-0.15, -0.1) is 0 Å². The first kappa shape index (κ1) is 16.9. The van der Waals surface area contributed by atoms with Crippen LogP contribution in [0.2, 0.25) is 0 Å². The molecule has 1 aromatic carbocycles. The van der Waals surface area contributed by atoms with Gasteiger partial charge in [0.25, 0.3) is 5.91 Å². The minimum atomic E-state index is -0.259. The third-order valence-electron chi connectivity index (χ3n) is 4.17. The molecule has 3 rings (SSSR count). The number of piperazine rings is 1. The van der Waals surface area contributed by atoms with Crippen LogP contribution in [0.25, 0.3) is 0 Å². The van der Waals surface area contributed by atoms with Gasteiger partial charge in [-0.1, -0.05) is 6.07 Å². The number of carbonyl (C=O) groups is 1. The van der Waals surface area contributed by atoms with Gasteiger partial charge in [0.2, 0.25) is 0 Å². The van der Waals surface area contributed by atoms with Gasteiger partial charge in [-0.2, -0.15) is 11.8 Å². The summed E-state index contributed by atoms with van der Waals surface area (Å²) in [6, 6.07) is 8.44. The van der Waals surface area contributed by atoms with Crippen molar-refractivity contribution >= 4 is 17.7 Å². The van der Waals surface area contributed by atoms with Crippen LogP contribution in [-0.2, 0) is 5.75 Å². The highest BCUT2D eigenvalue weighted by Crippen LogP contribution is 2.25. The maximum absolute atomic E-state index is 13.8. The number of halogens is 1. The Morgan fingerprint density at radius 2 is 2.33 bits per heavy atom. The van der Waals surface area contributed by atoms with Gasteiger partial charge in [-0.05, 0) is 41.6 Å².